The van der Waals surface area contributed by atoms with Gasteiger partial charge in [-0.05, 0) is 26.3 Å². The molecule has 3 rings (SSSR count). The zero-order valence-corrected chi connectivity index (χ0v) is 15.6. The van der Waals surface area contributed by atoms with Gasteiger partial charge >= 0.3 is 0 Å². The summed E-state index contributed by atoms with van der Waals surface area (Å²) in [6, 6.07) is 0. The molecule has 9 heteroatoms. The van der Waals surface area contributed by atoms with Crippen LogP contribution >= 0.6 is 0 Å². The summed E-state index contributed by atoms with van der Waals surface area (Å²) in [6.07, 6.45) is 6.50. The van der Waals surface area contributed by atoms with Crippen LogP contribution in [0.15, 0.2) is 17.3 Å². The van der Waals surface area contributed by atoms with Crippen molar-refractivity contribution < 1.29 is 8.42 Å². The van der Waals surface area contributed by atoms with Gasteiger partial charge in [-0.15, -0.1) is 0 Å². The number of hydrogen-bond acceptors (Lipinski definition) is 7. The van der Waals surface area contributed by atoms with Crippen molar-refractivity contribution in [1.82, 2.24) is 25.1 Å². The summed E-state index contributed by atoms with van der Waals surface area (Å²) < 4.78 is 26.0. The molecule has 1 unspecified atom stereocenters. The number of nitrogens with one attached hydrogen (secondary N) is 2. The Labute approximate surface area is 148 Å². The normalized spacial score (nSPS) is 18.3. The summed E-state index contributed by atoms with van der Waals surface area (Å²) in [5.41, 5.74) is 2.61. The second-order valence-corrected chi connectivity index (χ2v) is 8.51. The maximum Gasteiger partial charge on any atom is 0.223 e. The monoisotopic (exact) mass is 364 g/mol. The Hall–Kier alpha value is -2.00. The fourth-order valence-corrected chi connectivity index (χ4v) is 3.97. The first-order valence-corrected chi connectivity index (χ1v) is 10.2. The number of rotatable bonds is 5. The summed E-state index contributed by atoms with van der Waals surface area (Å²) in [6.45, 7) is 4.19. The van der Waals surface area contributed by atoms with Crippen LogP contribution in [-0.2, 0) is 23.4 Å². The highest BCUT2D eigenvalue weighted by Crippen LogP contribution is 2.28. The van der Waals surface area contributed by atoms with Gasteiger partial charge in [0.25, 0.3) is 0 Å². The van der Waals surface area contributed by atoms with Gasteiger partial charge in [0.05, 0.1) is 17.6 Å². The molecule has 0 saturated carbocycles. The van der Waals surface area contributed by atoms with E-state index in [4.69, 9.17) is 0 Å². The standard InChI is InChI=1S/C16H24N6O2S/c1-11-13(10-22(2)21-11)8-18-16-19-9-14(25(3,23)24)15(20-16)12-5-4-6-17-7-12/h9-10,12,17H,4-8H2,1-3H3,(H,18,19,20). The van der Waals surface area contributed by atoms with Crippen molar-refractivity contribution >= 4 is 15.8 Å². The highest BCUT2D eigenvalue weighted by atomic mass is 32.2. The van der Waals surface area contributed by atoms with Crippen LogP contribution in [0, 0.1) is 6.92 Å². The molecule has 3 heterocycles. The number of nitrogens with zero attached hydrogens (tertiary/aromatic N) is 4. The second-order valence-electron chi connectivity index (χ2n) is 6.53. The lowest BCUT2D eigenvalue weighted by Gasteiger charge is -2.24. The van der Waals surface area contributed by atoms with Crippen LogP contribution in [0.1, 0.15) is 35.7 Å². The summed E-state index contributed by atoms with van der Waals surface area (Å²) in [4.78, 5) is 8.98. The molecule has 1 saturated heterocycles. The van der Waals surface area contributed by atoms with Gasteiger partial charge in [-0.25, -0.2) is 18.4 Å². The maximum absolute atomic E-state index is 12.1. The van der Waals surface area contributed by atoms with E-state index in [9.17, 15) is 8.42 Å². The van der Waals surface area contributed by atoms with Crippen LogP contribution in [-0.4, -0.2) is 47.5 Å². The summed E-state index contributed by atoms with van der Waals surface area (Å²) >= 11 is 0. The molecule has 136 valence electrons. The van der Waals surface area contributed by atoms with Gasteiger partial charge in [-0.1, -0.05) is 0 Å². The number of hydrogen-bond donors (Lipinski definition) is 2. The van der Waals surface area contributed by atoms with Crippen molar-refractivity contribution in [3.8, 4) is 0 Å². The fourth-order valence-electron chi connectivity index (χ4n) is 3.13. The molecule has 0 spiro atoms. The zero-order valence-electron chi connectivity index (χ0n) is 14.8. The van der Waals surface area contributed by atoms with E-state index in [2.05, 4.69) is 25.7 Å². The van der Waals surface area contributed by atoms with Crippen molar-refractivity contribution in [3.63, 3.8) is 0 Å². The SMILES string of the molecule is Cc1nn(C)cc1CNc1ncc(S(C)(=O)=O)c(C2CCCNC2)n1. The molecule has 1 aliphatic rings. The lowest BCUT2D eigenvalue weighted by Crippen LogP contribution is -2.30. The van der Waals surface area contributed by atoms with Gasteiger partial charge < -0.3 is 10.6 Å². The average Bonchev–Trinajstić information content (AvgIpc) is 2.90. The van der Waals surface area contributed by atoms with Crippen LogP contribution in [0.3, 0.4) is 0 Å². The quantitative estimate of drug-likeness (QED) is 0.816. The van der Waals surface area contributed by atoms with Crippen LogP contribution in [0.2, 0.25) is 0 Å². The number of aryl methyl sites for hydroxylation is 2. The first-order valence-electron chi connectivity index (χ1n) is 8.35. The molecule has 2 N–H and O–H groups in total. The zero-order chi connectivity index (χ0) is 18.0. The van der Waals surface area contributed by atoms with Crippen LogP contribution < -0.4 is 10.6 Å². The largest absolute Gasteiger partial charge is 0.350 e. The van der Waals surface area contributed by atoms with E-state index >= 15 is 0 Å². The molecule has 1 atom stereocenters. The Bertz CT molecular complexity index is 856. The third-order valence-corrected chi connectivity index (χ3v) is 5.53. The van der Waals surface area contributed by atoms with Crippen molar-refractivity contribution in [3.05, 3.63) is 29.3 Å². The predicted molar refractivity (Wildman–Crippen MR) is 95.3 cm³/mol. The molecular weight excluding hydrogens is 340 g/mol. The Balaban J connectivity index is 1.86. The summed E-state index contributed by atoms with van der Waals surface area (Å²) in [5.74, 6) is 0.526. The van der Waals surface area contributed by atoms with E-state index < -0.39 is 9.84 Å². The topological polar surface area (TPSA) is 102 Å². The van der Waals surface area contributed by atoms with Crippen LogP contribution in [0.5, 0.6) is 0 Å². The molecule has 0 radical (unpaired) electrons. The second kappa shape index (κ2) is 7.09. The first kappa shape index (κ1) is 17.8. The highest BCUT2D eigenvalue weighted by molar-refractivity contribution is 7.90. The number of aromatic nitrogens is 4. The Morgan fingerprint density at radius 3 is 2.84 bits per heavy atom. The van der Waals surface area contributed by atoms with Crippen molar-refractivity contribution in [2.75, 3.05) is 24.7 Å². The Morgan fingerprint density at radius 2 is 2.24 bits per heavy atom. The minimum atomic E-state index is -3.36. The number of anilines is 1. The van der Waals surface area contributed by atoms with E-state index in [1.165, 1.54) is 12.5 Å². The van der Waals surface area contributed by atoms with E-state index in [0.29, 0.717) is 18.2 Å². The summed E-state index contributed by atoms with van der Waals surface area (Å²) in [5, 5.41) is 10.8. The Kier molecular flexibility index (Phi) is 5.05. The van der Waals surface area contributed by atoms with Gasteiger partial charge in [0.15, 0.2) is 9.84 Å². The maximum atomic E-state index is 12.1. The molecule has 1 fully saturated rings. The minimum absolute atomic E-state index is 0.0853. The van der Waals surface area contributed by atoms with Gasteiger partial charge in [0, 0.05) is 44.1 Å². The lowest BCUT2D eigenvalue weighted by molar-refractivity contribution is 0.448. The van der Waals surface area contributed by atoms with Crippen molar-refractivity contribution in [1.29, 1.82) is 0 Å². The number of sulfone groups is 1. The first-order chi connectivity index (χ1) is 11.8. The number of piperidine rings is 1. The van der Waals surface area contributed by atoms with E-state index in [1.54, 1.807) is 4.68 Å². The minimum Gasteiger partial charge on any atom is -0.350 e. The van der Waals surface area contributed by atoms with E-state index in [0.717, 1.165) is 37.2 Å². The molecule has 0 amide bonds. The molecule has 25 heavy (non-hydrogen) atoms. The van der Waals surface area contributed by atoms with E-state index in [-0.39, 0.29) is 10.8 Å². The van der Waals surface area contributed by atoms with Crippen molar-refractivity contribution in [2.45, 2.75) is 37.1 Å². The lowest BCUT2D eigenvalue weighted by atomic mass is 9.96. The third-order valence-electron chi connectivity index (χ3n) is 4.42. The molecule has 0 aromatic carbocycles. The van der Waals surface area contributed by atoms with E-state index in [1.807, 2.05) is 20.2 Å². The molecular formula is C16H24N6O2S. The average molecular weight is 364 g/mol. The van der Waals surface area contributed by atoms with Gasteiger partial charge in [0.1, 0.15) is 4.90 Å². The fraction of sp³-hybridized carbons (Fsp3) is 0.562. The van der Waals surface area contributed by atoms with Gasteiger partial charge in [-0.3, -0.25) is 4.68 Å². The molecule has 0 bridgehead atoms. The molecule has 2 aromatic rings. The highest BCUT2D eigenvalue weighted by Gasteiger charge is 2.25. The molecule has 2 aromatic heterocycles. The molecule has 8 nitrogen and oxygen atoms in total. The predicted octanol–water partition coefficient (Wildman–Crippen LogP) is 1.00. The van der Waals surface area contributed by atoms with Gasteiger partial charge in [-0.2, -0.15) is 5.10 Å². The van der Waals surface area contributed by atoms with Crippen molar-refractivity contribution in [2.24, 2.45) is 7.05 Å². The molecule has 0 aliphatic carbocycles. The third kappa shape index (κ3) is 4.16. The molecule has 1 aliphatic heterocycles. The van der Waals surface area contributed by atoms with Crippen LogP contribution in [0.4, 0.5) is 5.95 Å². The van der Waals surface area contributed by atoms with Crippen LogP contribution in [0.25, 0.3) is 0 Å². The summed E-state index contributed by atoms with van der Waals surface area (Å²) in [7, 11) is -1.49. The van der Waals surface area contributed by atoms with Gasteiger partial charge in [0.2, 0.25) is 5.95 Å². The smallest absolute Gasteiger partial charge is 0.223 e. The Morgan fingerprint density at radius 1 is 1.44 bits per heavy atom.